The lowest BCUT2D eigenvalue weighted by molar-refractivity contribution is -0.393. The third-order valence-electron chi connectivity index (χ3n) is 2.56. The Morgan fingerprint density at radius 3 is 2.90 bits per heavy atom. The van der Waals surface area contributed by atoms with Crippen LogP contribution in [-0.2, 0) is 0 Å². The Morgan fingerprint density at radius 1 is 1.48 bits per heavy atom. The molecule has 8 nitrogen and oxygen atoms in total. The van der Waals surface area contributed by atoms with Crippen molar-refractivity contribution in [3.8, 4) is 0 Å². The lowest BCUT2D eigenvalue weighted by Gasteiger charge is -1.99. The Labute approximate surface area is 125 Å². The minimum absolute atomic E-state index is 0.0553. The Bertz CT molecular complexity index is 840. The molecule has 0 saturated carbocycles. The molecule has 3 heterocycles. The molecule has 0 saturated heterocycles. The lowest BCUT2D eigenvalue weighted by atomic mass is 10.3. The van der Waals surface area contributed by atoms with Gasteiger partial charge < -0.3 is 15.2 Å². The molecular weight excluding hydrogens is 316 g/mol. The van der Waals surface area contributed by atoms with Gasteiger partial charge in [-0.25, -0.2) is 9.78 Å². The van der Waals surface area contributed by atoms with Gasteiger partial charge in [-0.1, -0.05) is 11.3 Å². The number of aromatic carboxylic acids is 1. The summed E-state index contributed by atoms with van der Waals surface area (Å²) in [5, 5.41) is 22.3. The molecule has 21 heavy (non-hydrogen) atoms. The number of nitro groups is 1. The van der Waals surface area contributed by atoms with Gasteiger partial charge in [-0.2, -0.15) is 9.38 Å². The molecule has 0 amide bonds. The first kappa shape index (κ1) is 13.5. The van der Waals surface area contributed by atoms with Crippen LogP contribution in [0.4, 0.5) is 5.82 Å². The fourth-order valence-corrected chi connectivity index (χ4v) is 3.26. The first-order chi connectivity index (χ1) is 10.1. The maximum Gasteiger partial charge on any atom is 0.363 e. The van der Waals surface area contributed by atoms with Crippen molar-refractivity contribution in [2.45, 2.75) is 10.1 Å². The summed E-state index contributed by atoms with van der Waals surface area (Å²) < 4.78 is 1.40. The Balaban J connectivity index is 1.97. The molecule has 3 aromatic heterocycles. The van der Waals surface area contributed by atoms with Gasteiger partial charge in [0.1, 0.15) is 11.2 Å². The maximum atomic E-state index is 11.2. The van der Waals surface area contributed by atoms with Crippen LogP contribution in [0.15, 0.2) is 40.0 Å². The molecule has 0 atom stereocenters. The van der Waals surface area contributed by atoms with E-state index in [0.717, 1.165) is 11.8 Å². The van der Waals surface area contributed by atoms with Crippen molar-refractivity contribution in [3.05, 3.63) is 45.6 Å². The summed E-state index contributed by atoms with van der Waals surface area (Å²) in [6, 6.07) is 2.88. The van der Waals surface area contributed by atoms with E-state index < -0.39 is 10.9 Å². The first-order valence-electron chi connectivity index (χ1n) is 5.53. The normalized spacial score (nSPS) is 10.9. The molecule has 0 aromatic carbocycles. The number of thiazole rings is 1. The van der Waals surface area contributed by atoms with Gasteiger partial charge in [0.05, 0.1) is 5.56 Å². The highest BCUT2D eigenvalue weighted by atomic mass is 32.2. The Hall–Kier alpha value is -2.46. The SMILES string of the molecule is O=C(O)c1ccc(Sc2nc3sccn3c2[N+](=O)[O-])nc1. The first-order valence-corrected chi connectivity index (χ1v) is 7.23. The van der Waals surface area contributed by atoms with Gasteiger partial charge in [-0.15, -0.1) is 0 Å². The lowest BCUT2D eigenvalue weighted by Crippen LogP contribution is -1.97. The quantitative estimate of drug-likeness (QED) is 0.580. The summed E-state index contributed by atoms with van der Waals surface area (Å²) in [5.74, 6) is -1.20. The fourth-order valence-electron chi connectivity index (χ4n) is 1.65. The molecule has 0 aliphatic heterocycles. The largest absolute Gasteiger partial charge is 0.478 e. The summed E-state index contributed by atoms with van der Waals surface area (Å²) >= 11 is 2.31. The van der Waals surface area contributed by atoms with Crippen molar-refractivity contribution >= 4 is 39.8 Å². The van der Waals surface area contributed by atoms with Crippen molar-refractivity contribution in [1.29, 1.82) is 0 Å². The van der Waals surface area contributed by atoms with E-state index in [1.807, 2.05) is 0 Å². The highest BCUT2D eigenvalue weighted by Gasteiger charge is 2.24. The second kappa shape index (κ2) is 5.14. The molecule has 0 aliphatic rings. The zero-order valence-corrected chi connectivity index (χ0v) is 11.8. The third kappa shape index (κ3) is 2.45. The number of carbonyl (C=O) groups is 1. The monoisotopic (exact) mass is 322 g/mol. The molecule has 1 N–H and O–H groups in total. The van der Waals surface area contributed by atoms with Crippen molar-refractivity contribution in [3.63, 3.8) is 0 Å². The van der Waals surface area contributed by atoms with Crippen molar-refractivity contribution in [2.75, 3.05) is 0 Å². The van der Waals surface area contributed by atoms with Crippen LogP contribution in [0.1, 0.15) is 10.4 Å². The predicted molar refractivity (Wildman–Crippen MR) is 75.0 cm³/mol. The van der Waals surface area contributed by atoms with E-state index in [1.165, 1.54) is 34.1 Å². The summed E-state index contributed by atoms with van der Waals surface area (Å²) in [7, 11) is 0. The van der Waals surface area contributed by atoms with E-state index in [1.54, 1.807) is 11.6 Å². The van der Waals surface area contributed by atoms with Crippen molar-refractivity contribution in [2.24, 2.45) is 0 Å². The van der Waals surface area contributed by atoms with Gasteiger partial charge in [0.25, 0.3) is 4.96 Å². The van der Waals surface area contributed by atoms with Gasteiger partial charge in [0, 0.05) is 11.6 Å². The number of carboxylic acids is 1. The molecule has 10 heteroatoms. The van der Waals surface area contributed by atoms with Crippen molar-refractivity contribution in [1.82, 2.24) is 14.4 Å². The summed E-state index contributed by atoms with van der Waals surface area (Å²) in [4.78, 5) is 30.1. The van der Waals surface area contributed by atoms with Crippen LogP contribution >= 0.6 is 23.1 Å². The van der Waals surface area contributed by atoms with Crippen LogP contribution in [0.25, 0.3) is 4.96 Å². The zero-order valence-electron chi connectivity index (χ0n) is 10.2. The maximum absolute atomic E-state index is 11.2. The smallest absolute Gasteiger partial charge is 0.363 e. The number of fused-ring (bicyclic) bond motifs is 1. The van der Waals surface area contributed by atoms with E-state index >= 15 is 0 Å². The van der Waals surface area contributed by atoms with Gasteiger partial charge in [0.2, 0.25) is 5.03 Å². The average Bonchev–Trinajstić information content (AvgIpc) is 2.98. The molecule has 106 valence electrons. The average molecular weight is 322 g/mol. The molecule has 0 bridgehead atoms. The second-order valence-electron chi connectivity index (χ2n) is 3.85. The van der Waals surface area contributed by atoms with Gasteiger partial charge in [-0.3, -0.25) is 0 Å². The minimum Gasteiger partial charge on any atom is -0.478 e. The molecule has 0 unspecified atom stereocenters. The molecule has 3 rings (SSSR count). The molecule has 3 aromatic rings. The third-order valence-corrected chi connectivity index (χ3v) is 4.24. The highest BCUT2D eigenvalue weighted by Crippen LogP contribution is 2.35. The van der Waals surface area contributed by atoms with E-state index in [0.29, 0.717) is 9.99 Å². The van der Waals surface area contributed by atoms with Crippen LogP contribution < -0.4 is 0 Å². The van der Waals surface area contributed by atoms with E-state index in [-0.39, 0.29) is 16.4 Å². The summed E-state index contributed by atoms with van der Waals surface area (Å²) in [5.41, 5.74) is 0.0553. The number of imidazole rings is 1. The molecule has 0 radical (unpaired) electrons. The second-order valence-corrected chi connectivity index (χ2v) is 5.73. The van der Waals surface area contributed by atoms with Crippen LogP contribution in [-0.4, -0.2) is 30.4 Å². The number of pyridine rings is 1. The van der Waals surface area contributed by atoms with E-state index in [4.69, 9.17) is 5.11 Å². The number of rotatable bonds is 4. The van der Waals surface area contributed by atoms with E-state index in [2.05, 4.69) is 9.97 Å². The van der Waals surface area contributed by atoms with Crippen LogP contribution in [0.2, 0.25) is 0 Å². The standard InChI is InChI=1S/C11H6N4O4S2/c16-10(17)6-1-2-7(12-5-6)21-8-9(15(18)19)14-3-4-20-11(14)13-8/h1-5H,(H,16,17). The van der Waals surface area contributed by atoms with Crippen LogP contribution in [0.3, 0.4) is 0 Å². The topological polar surface area (TPSA) is 111 Å². The van der Waals surface area contributed by atoms with Gasteiger partial charge in [0.15, 0.2) is 0 Å². The molecular formula is C11H6N4O4S2. The molecule has 0 spiro atoms. The number of hydrogen-bond donors (Lipinski definition) is 1. The zero-order chi connectivity index (χ0) is 15.0. The van der Waals surface area contributed by atoms with Crippen molar-refractivity contribution < 1.29 is 14.8 Å². The Kier molecular flexibility index (Phi) is 3.31. The number of nitrogens with zero attached hydrogens (tertiary/aromatic N) is 4. The van der Waals surface area contributed by atoms with Crippen LogP contribution in [0.5, 0.6) is 0 Å². The fraction of sp³-hybridized carbons (Fsp3) is 0. The summed E-state index contributed by atoms with van der Waals surface area (Å²) in [6.45, 7) is 0. The van der Waals surface area contributed by atoms with Gasteiger partial charge >= 0.3 is 11.8 Å². The van der Waals surface area contributed by atoms with Crippen LogP contribution in [0, 0.1) is 10.1 Å². The molecule has 0 aliphatic carbocycles. The number of hydrogen-bond acceptors (Lipinski definition) is 7. The summed E-state index contributed by atoms with van der Waals surface area (Å²) in [6.07, 6.45) is 2.78. The minimum atomic E-state index is -1.08. The number of aromatic nitrogens is 3. The Morgan fingerprint density at radius 2 is 2.29 bits per heavy atom. The number of carboxylic acid groups (broad SMARTS) is 1. The molecule has 0 fully saturated rings. The van der Waals surface area contributed by atoms with Gasteiger partial charge in [-0.05, 0) is 28.8 Å². The highest BCUT2D eigenvalue weighted by molar-refractivity contribution is 7.99. The predicted octanol–water partition coefficient (Wildman–Crippen LogP) is 2.55. The van der Waals surface area contributed by atoms with E-state index in [9.17, 15) is 14.9 Å².